The lowest BCUT2D eigenvalue weighted by Gasteiger charge is -2.13. The number of aromatic nitrogens is 1. The smallest absolute Gasteiger partial charge is 0.321 e. The van der Waals surface area contributed by atoms with Crippen LogP contribution in [0.3, 0.4) is 0 Å². The van der Waals surface area contributed by atoms with Crippen molar-refractivity contribution in [1.82, 2.24) is 4.98 Å². The average Bonchev–Trinajstić information content (AvgIpc) is 2.94. The molecule has 0 aliphatic rings. The number of hydrogen-bond acceptors (Lipinski definition) is 5. The van der Waals surface area contributed by atoms with Gasteiger partial charge in [-0.15, -0.1) is 0 Å². The topological polar surface area (TPSA) is 56.3 Å². The third-order valence-corrected chi connectivity index (χ3v) is 3.31. The van der Waals surface area contributed by atoms with Crippen molar-refractivity contribution in [3.05, 3.63) is 52.5 Å². The van der Waals surface area contributed by atoms with Gasteiger partial charge in [-0.2, -0.15) is 11.3 Å². The van der Waals surface area contributed by atoms with Crippen LogP contribution in [0, 0.1) is 0 Å². The highest BCUT2D eigenvalue weighted by Crippen LogP contribution is 2.24. The molecule has 2 rings (SSSR count). The Kier molecular flexibility index (Phi) is 4.41. The number of hydrogen-bond donors (Lipinski definition) is 0. The molecule has 2 aromatic rings. The van der Waals surface area contributed by atoms with Crippen LogP contribution < -0.4 is 0 Å². The molecule has 0 aliphatic carbocycles. The minimum atomic E-state index is -0.907. The lowest BCUT2D eigenvalue weighted by molar-refractivity contribution is -0.143. The van der Waals surface area contributed by atoms with Crippen LogP contribution in [-0.4, -0.2) is 23.3 Å². The number of nitrogens with zero attached hydrogens (tertiary/aromatic N) is 1. The number of carbonyl (C=O) groups excluding carboxylic acids is 2. The number of ketones is 1. The highest BCUT2D eigenvalue weighted by atomic mass is 32.1. The molecule has 2 heterocycles. The van der Waals surface area contributed by atoms with Crippen LogP contribution in [0.25, 0.3) is 0 Å². The number of pyridine rings is 1. The van der Waals surface area contributed by atoms with Gasteiger partial charge in [-0.05, 0) is 41.4 Å². The van der Waals surface area contributed by atoms with Crippen molar-refractivity contribution < 1.29 is 14.3 Å². The van der Waals surface area contributed by atoms with E-state index in [9.17, 15) is 9.59 Å². The lowest BCUT2D eigenvalue weighted by Crippen LogP contribution is -2.24. The molecule has 0 radical (unpaired) electrons. The molecule has 1 unspecified atom stereocenters. The van der Waals surface area contributed by atoms with Crippen molar-refractivity contribution in [1.29, 1.82) is 0 Å². The number of Topliss-reactive ketones (excluding diaryl/α,β-unsaturated/α-hetero) is 1. The van der Waals surface area contributed by atoms with E-state index < -0.39 is 11.9 Å². The predicted octanol–water partition coefficient (Wildman–Crippen LogP) is 2.67. The van der Waals surface area contributed by atoms with Gasteiger partial charge < -0.3 is 4.74 Å². The molecule has 2 aromatic heterocycles. The molecular weight excluding hydrogens is 262 g/mol. The summed E-state index contributed by atoms with van der Waals surface area (Å²) in [4.78, 5) is 28.3. The number of esters is 1. The highest BCUT2D eigenvalue weighted by molar-refractivity contribution is 7.08. The Morgan fingerprint density at radius 1 is 1.42 bits per heavy atom. The number of rotatable bonds is 5. The fourth-order valence-corrected chi connectivity index (χ4v) is 2.42. The van der Waals surface area contributed by atoms with Gasteiger partial charge in [-0.25, -0.2) is 0 Å². The number of carbonyl (C=O) groups is 2. The van der Waals surface area contributed by atoms with Crippen molar-refractivity contribution in [2.75, 3.05) is 6.61 Å². The zero-order valence-electron chi connectivity index (χ0n) is 10.4. The quantitative estimate of drug-likeness (QED) is 0.478. The maximum atomic E-state index is 12.4. The van der Waals surface area contributed by atoms with E-state index in [-0.39, 0.29) is 12.4 Å². The summed E-state index contributed by atoms with van der Waals surface area (Å²) in [5.41, 5.74) is 1.07. The molecule has 0 spiro atoms. The van der Waals surface area contributed by atoms with E-state index in [1.807, 2.05) is 5.38 Å². The first-order valence-corrected chi connectivity index (χ1v) is 6.81. The first-order valence-electron chi connectivity index (χ1n) is 5.87. The van der Waals surface area contributed by atoms with E-state index in [1.54, 1.807) is 36.7 Å². The van der Waals surface area contributed by atoms with Crippen molar-refractivity contribution in [2.45, 2.75) is 12.8 Å². The monoisotopic (exact) mass is 275 g/mol. The van der Waals surface area contributed by atoms with Gasteiger partial charge in [0.2, 0.25) is 0 Å². The summed E-state index contributed by atoms with van der Waals surface area (Å²) in [6.45, 7) is 1.97. The van der Waals surface area contributed by atoms with Crippen LogP contribution in [0.5, 0.6) is 0 Å². The van der Waals surface area contributed by atoms with Crippen LogP contribution in [0.1, 0.15) is 28.8 Å². The Labute approximate surface area is 115 Å². The molecule has 0 amide bonds. The predicted molar refractivity (Wildman–Crippen MR) is 72.3 cm³/mol. The zero-order chi connectivity index (χ0) is 13.7. The van der Waals surface area contributed by atoms with Crippen molar-refractivity contribution in [2.24, 2.45) is 0 Å². The Morgan fingerprint density at radius 2 is 2.26 bits per heavy atom. The molecule has 0 bridgehead atoms. The van der Waals surface area contributed by atoms with Gasteiger partial charge in [0, 0.05) is 18.0 Å². The van der Waals surface area contributed by atoms with Crippen molar-refractivity contribution in [3.63, 3.8) is 0 Å². The fraction of sp³-hybridized carbons (Fsp3) is 0.214. The number of thiophene rings is 1. The van der Waals surface area contributed by atoms with E-state index in [0.717, 1.165) is 0 Å². The van der Waals surface area contributed by atoms with Crippen LogP contribution in [0.15, 0.2) is 41.4 Å². The largest absolute Gasteiger partial charge is 0.465 e. The van der Waals surface area contributed by atoms with Gasteiger partial charge >= 0.3 is 5.97 Å². The standard InChI is InChI=1S/C14H13NO3S/c1-2-18-14(17)12(11-5-7-19-9-11)13(16)10-4-3-6-15-8-10/h3-9,12H,2H2,1H3. The van der Waals surface area contributed by atoms with Crippen LogP contribution in [0.4, 0.5) is 0 Å². The molecule has 0 aromatic carbocycles. The maximum Gasteiger partial charge on any atom is 0.321 e. The third-order valence-electron chi connectivity index (χ3n) is 2.61. The minimum Gasteiger partial charge on any atom is -0.465 e. The van der Waals surface area contributed by atoms with E-state index >= 15 is 0 Å². The van der Waals surface area contributed by atoms with Crippen molar-refractivity contribution in [3.8, 4) is 0 Å². The molecule has 4 nitrogen and oxygen atoms in total. The van der Waals surface area contributed by atoms with E-state index in [0.29, 0.717) is 11.1 Å². The minimum absolute atomic E-state index is 0.250. The van der Waals surface area contributed by atoms with Gasteiger partial charge in [0.1, 0.15) is 5.92 Å². The van der Waals surface area contributed by atoms with Gasteiger partial charge in [0.15, 0.2) is 5.78 Å². The van der Waals surface area contributed by atoms with Gasteiger partial charge in [0.05, 0.1) is 6.61 Å². The highest BCUT2D eigenvalue weighted by Gasteiger charge is 2.31. The Hall–Kier alpha value is -2.01. The molecule has 5 heteroatoms. The summed E-state index contributed by atoms with van der Waals surface area (Å²) in [7, 11) is 0. The summed E-state index contributed by atoms with van der Waals surface area (Å²) in [5.74, 6) is -1.71. The first-order chi connectivity index (χ1) is 9.24. The maximum absolute atomic E-state index is 12.4. The van der Waals surface area contributed by atoms with Crippen LogP contribution in [0.2, 0.25) is 0 Å². The molecule has 0 N–H and O–H groups in total. The Bertz CT molecular complexity index is 551. The second-order valence-corrected chi connectivity index (χ2v) is 4.63. The molecule has 98 valence electrons. The van der Waals surface area contributed by atoms with Gasteiger partial charge in [-0.3, -0.25) is 14.6 Å². The molecule has 0 saturated heterocycles. The first kappa shape index (κ1) is 13.4. The second kappa shape index (κ2) is 6.24. The Morgan fingerprint density at radius 3 is 2.84 bits per heavy atom. The summed E-state index contributed by atoms with van der Waals surface area (Å²) < 4.78 is 4.99. The summed E-state index contributed by atoms with van der Waals surface area (Å²) in [6, 6.07) is 5.08. The van der Waals surface area contributed by atoms with E-state index in [4.69, 9.17) is 4.74 Å². The fourth-order valence-electron chi connectivity index (χ4n) is 1.73. The SMILES string of the molecule is CCOC(=O)C(C(=O)c1cccnc1)c1ccsc1. The molecule has 0 aliphatic heterocycles. The summed E-state index contributed by atoms with van der Waals surface area (Å²) in [6.07, 6.45) is 3.04. The number of ether oxygens (including phenoxy) is 1. The molecule has 1 atom stereocenters. The third kappa shape index (κ3) is 3.06. The second-order valence-electron chi connectivity index (χ2n) is 3.85. The molecule has 0 fully saturated rings. The average molecular weight is 275 g/mol. The molecule has 0 saturated carbocycles. The summed E-state index contributed by atoms with van der Waals surface area (Å²) in [5, 5.41) is 3.62. The molecular formula is C14H13NO3S. The van der Waals surface area contributed by atoms with Crippen LogP contribution in [-0.2, 0) is 9.53 Å². The van der Waals surface area contributed by atoms with E-state index in [2.05, 4.69) is 4.98 Å². The zero-order valence-corrected chi connectivity index (χ0v) is 11.2. The normalized spacial score (nSPS) is 11.8. The summed E-state index contributed by atoms with van der Waals surface area (Å²) >= 11 is 1.44. The molecule has 19 heavy (non-hydrogen) atoms. The lowest BCUT2D eigenvalue weighted by atomic mass is 9.93. The van der Waals surface area contributed by atoms with Gasteiger partial charge in [-0.1, -0.05) is 0 Å². The Balaban J connectivity index is 2.33. The van der Waals surface area contributed by atoms with Crippen LogP contribution >= 0.6 is 11.3 Å². The van der Waals surface area contributed by atoms with E-state index in [1.165, 1.54) is 17.5 Å². The van der Waals surface area contributed by atoms with Crippen molar-refractivity contribution >= 4 is 23.1 Å². The van der Waals surface area contributed by atoms with Gasteiger partial charge in [0.25, 0.3) is 0 Å².